The van der Waals surface area contributed by atoms with E-state index in [0.717, 1.165) is 25.2 Å². The van der Waals surface area contributed by atoms with E-state index >= 15 is 0 Å². The number of hydrogen-bond acceptors (Lipinski definition) is 4. The third-order valence-corrected chi connectivity index (χ3v) is 6.04. The molecule has 2 fully saturated rings. The van der Waals surface area contributed by atoms with Crippen molar-refractivity contribution in [1.82, 2.24) is 15.7 Å². The number of piperidine rings is 1. The van der Waals surface area contributed by atoms with Gasteiger partial charge in [0, 0.05) is 30.6 Å². The Labute approximate surface area is 179 Å². The van der Waals surface area contributed by atoms with Crippen LogP contribution in [0.15, 0.2) is 60.7 Å². The third kappa shape index (κ3) is 5.79. The van der Waals surface area contributed by atoms with Crippen LogP contribution < -0.4 is 10.8 Å². The largest absolute Gasteiger partial charge is 0.311 e. The Hall–Kier alpha value is -2.47. The maximum atomic E-state index is 11.5. The predicted octanol–water partition coefficient (Wildman–Crippen LogP) is 3.49. The quantitative estimate of drug-likeness (QED) is 0.522. The van der Waals surface area contributed by atoms with Gasteiger partial charge >= 0.3 is 0 Å². The van der Waals surface area contributed by atoms with Gasteiger partial charge in [0.25, 0.3) is 5.91 Å². The SMILES string of the molecule is CONC(=O)C=Cc1cccc(CN2CCC(NC3CC3c3ccccc3)CC2)c1. The van der Waals surface area contributed by atoms with E-state index in [4.69, 9.17) is 0 Å². The number of benzene rings is 2. The summed E-state index contributed by atoms with van der Waals surface area (Å²) in [6.45, 7) is 3.20. The lowest BCUT2D eigenvalue weighted by Crippen LogP contribution is -2.43. The summed E-state index contributed by atoms with van der Waals surface area (Å²) >= 11 is 0. The molecule has 158 valence electrons. The van der Waals surface area contributed by atoms with E-state index in [9.17, 15) is 4.79 Å². The van der Waals surface area contributed by atoms with Crippen molar-refractivity contribution in [3.8, 4) is 0 Å². The molecule has 0 spiro atoms. The fraction of sp³-hybridized carbons (Fsp3) is 0.400. The maximum absolute atomic E-state index is 11.5. The van der Waals surface area contributed by atoms with E-state index in [2.05, 4.69) is 63.0 Å². The first-order valence-corrected chi connectivity index (χ1v) is 10.8. The van der Waals surface area contributed by atoms with Gasteiger partial charge in [0.15, 0.2) is 0 Å². The summed E-state index contributed by atoms with van der Waals surface area (Å²) in [4.78, 5) is 18.6. The Morgan fingerprint density at radius 2 is 1.93 bits per heavy atom. The first kappa shape index (κ1) is 20.8. The summed E-state index contributed by atoms with van der Waals surface area (Å²) in [5, 5.41) is 3.89. The molecule has 2 aliphatic rings. The summed E-state index contributed by atoms with van der Waals surface area (Å²) in [7, 11) is 1.43. The normalized spacial score (nSPS) is 22.3. The molecule has 0 bridgehead atoms. The van der Waals surface area contributed by atoms with Crippen LogP contribution in [0.4, 0.5) is 0 Å². The Balaban J connectivity index is 1.22. The number of nitrogens with one attached hydrogen (secondary N) is 2. The lowest BCUT2D eigenvalue weighted by atomic mass is 10.0. The van der Waals surface area contributed by atoms with Gasteiger partial charge in [-0.2, -0.15) is 0 Å². The molecule has 2 aromatic carbocycles. The molecule has 2 unspecified atom stereocenters. The minimum absolute atomic E-state index is 0.261. The van der Waals surface area contributed by atoms with Crippen molar-refractivity contribution in [3.05, 3.63) is 77.4 Å². The molecule has 1 heterocycles. The lowest BCUT2D eigenvalue weighted by Gasteiger charge is -2.32. The standard InChI is InChI=1S/C25H31N3O2/c1-30-27-25(29)11-10-19-6-5-7-20(16-19)18-28-14-12-22(13-15-28)26-24-17-23(24)21-8-3-2-4-9-21/h2-11,16,22-24,26H,12-15,17-18H2,1H3,(H,27,29). The number of amides is 1. The van der Waals surface area contributed by atoms with Crippen LogP contribution in [0.1, 0.15) is 41.9 Å². The first-order valence-electron chi connectivity index (χ1n) is 10.8. The molecule has 30 heavy (non-hydrogen) atoms. The van der Waals surface area contributed by atoms with Crippen LogP contribution in [0.3, 0.4) is 0 Å². The third-order valence-electron chi connectivity index (χ3n) is 6.04. The highest BCUT2D eigenvalue weighted by Gasteiger charge is 2.39. The Morgan fingerprint density at radius 1 is 1.13 bits per heavy atom. The van der Waals surface area contributed by atoms with Crippen LogP contribution in [-0.4, -0.2) is 43.1 Å². The number of carbonyl (C=O) groups is 1. The number of rotatable bonds is 8. The van der Waals surface area contributed by atoms with Crippen molar-refractivity contribution >= 4 is 12.0 Å². The van der Waals surface area contributed by atoms with Gasteiger partial charge in [-0.05, 0) is 55.1 Å². The predicted molar refractivity (Wildman–Crippen MR) is 120 cm³/mol. The number of hydrogen-bond donors (Lipinski definition) is 2. The highest BCUT2D eigenvalue weighted by molar-refractivity contribution is 5.90. The molecular weight excluding hydrogens is 374 g/mol. The van der Waals surface area contributed by atoms with Gasteiger partial charge in [0.05, 0.1) is 7.11 Å². The van der Waals surface area contributed by atoms with Crippen LogP contribution in [-0.2, 0) is 16.2 Å². The van der Waals surface area contributed by atoms with Crippen molar-refractivity contribution in [1.29, 1.82) is 0 Å². The molecule has 4 rings (SSSR count). The van der Waals surface area contributed by atoms with Crippen LogP contribution in [0.25, 0.3) is 6.08 Å². The maximum Gasteiger partial charge on any atom is 0.267 e. The van der Waals surface area contributed by atoms with Crippen molar-refractivity contribution in [2.24, 2.45) is 0 Å². The van der Waals surface area contributed by atoms with Gasteiger partial charge in [-0.15, -0.1) is 0 Å². The van der Waals surface area contributed by atoms with Crippen molar-refractivity contribution in [2.45, 2.75) is 43.8 Å². The molecule has 1 saturated heterocycles. The number of hydroxylamine groups is 1. The number of carbonyl (C=O) groups excluding carboxylic acids is 1. The van der Waals surface area contributed by atoms with E-state index in [0.29, 0.717) is 18.0 Å². The van der Waals surface area contributed by atoms with Gasteiger partial charge in [0.2, 0.25) is 0 Å². The van der Waals surface area contributed by atoms with Gasteiger partial charge in [0.1, 0.15) is 0 Å². The van der Waals surface area contributed by atoms with Crippen LogP contribution >= 0.6 is 0 Å². The summed E-state index contributed by atoms with van der Waals surface area (Å²) in [5.41, 5.74) is 6.07. The topological polar surface area (TPSA) is 53.6 Å². The van der Waals surface area contributed by atoms with Gasteiger partial charge < -0.3 is 5.32 Å². The second-order valence-corrected chi connectivity index (χ2v) is 8.33. The van der Waals surface area contributed by atoms with E-state index in [1.54, 1.807) is 0 Å². The van der Waals surface area contributed by atoms with Crippen LogP contribution in [0, 0.1) is 0 Å². The molecule has 5 heteroatoms. The molecule has 2 aromatic rings. The smallest absolute Gasteiger partial charge is 0.267 e. The molecule has 1 saturated carbocycles. The lowest BCUT2D eigenvalue weighted by molar-refractivity contribution is -0.126. The van der Waals surface area contributed by atoms with Gasteiger partial charge in [-0.25, -0.2) is 5.48 Å². The molecule has 2 N–H and O–H groups in total. The monoisotopic (exact) mass is 405 g/mol. The second kappa shape index (κ2) is 10.0. The molecule has 1 aliphatic carbocycles. The first-order chi connectivity index (χ1) is 14.7. The summed E-state index contributed by atoms with van der Waals surface area (Å²) in [6, 6.07) is 20.5. The van der Waals surface area contributed by atoms with E-state index < -0.39 is 0 Å². The fourth-order valence-electron chi connectivity index (χ4n) is 4.37. The molecular formula is C25H31N3O2. The highest BCUT2D eigenvalue weighted by Crippen LogP contribution is 2.41. The summed E-state index contributed by atoms with van der Waals surface area (Å²) in [5.74, 6) is 0.439. The van der Waals surface area contributed by atoms with Gasteiger partial charge in [-0.1, -0.05) is 54.6 Å². The van der Waals surface area contributed by atoms with Gasteiger partial charge in [-0.3, -0.25) is 14.5 Å². The Kier molecular flexibility index (Phi) is 6.95. The zero-order valence-corrected chi connectivity index (χ0v) is 17.6. The number of likely N-dealkylation sites (tertiary alicyclic amines) is 1. The molecule has 5 nitrogen and oxygen atoms in total. The molecule has 2 atom stereocenters. The number of nitrogens with zero attached hydrogens (tertiary/aromatic N) is 1. The van der Waals surface area contributed by atoms with Crippen molar-refractivity contribution in [3.63, 3.8) is 0 Å². The Bertz CT molecular complexity index is 860. The fourth-order valence-corrected chi connectivity index (χ4v) is 4.37. The van der Waals surface area contributed by atoms with E-state index in [-0.39, 0.29) is 5.91 Å². The average molecular weight is 406 g/mol. The molecule has 1 aliphatic heterocycles. The highest BCUT2D eigenvalue weighted by atomic mass is 16.6. The zero-order chi connectivity index (χ0) is 20.8. The van der Waals surface area contributed by atoms with Crippen LogP contribution in [0.2, 0.25) is 0 Å². The van der Waals surface area contributed by atoms with E-state index in [1.165, 1.54) is 43.6 Å². The minimum Gasteiger partial charge on any atom is -0.311 e. The van der Waals surface area contributed by atoms with Crippen molar-refractivity contribution < 1.29 is 9.63 Å². The van der Waals surface area contributed by atoms with Crippen LogP contribution in [0.5, 0.6) is 0 Å². The van der Waals surface area contributed by atoms with Crippen molar-refractivity contribution in [2.75, 3.05) is 20.2 Å². The summed E-state index contributed by atoms with van der Waals surface area (Å²) in [6.07, 6.45) is 6.98. The summed E-state index contributed by atoms with van der Waals surface area (Å²) < 4.78 is 0. The van der Waals surface area contributed by atoms with E-state index in [1.807, 2.05) is 18.2 Å². The molecule has 1 amide bonds. The average Bonchev–Trinajstić information content (AvgIpc) is 3.54. The second-order valence-electron chi connectivity index (χ2n) is 8.33. The zero-order valence-electron chi connectivity index (χ0n) is 17.6. The minimum atomic E-state index is -0.261. The molecule has 0 radical (unpaired) electrons. The molecule has 0 aromatic heterocycles. The Morgan fingerprint density at radius 3 is 2.70 bits per heavy atom.